The molecule has 2 nitrogen and oxygen atoms in total. The lowest BCUT2D eigenvalue weighted by molar-refractivity contribution is -0.174. The van der Waals surface area contributed by atoms with E-state index in [1.54, 1.807) is 0 Å². The van der Waals surface area contributed by atoms with Gasteiger partial charge in [-0.05, 0) is 45.4 Å². The van der Waals surface area contributed by atoms with Gasteiger partial charge in [0, 0.05) is 24.1 Å². The van der Waals surface area contributed by atoms with E-state index in [4.69, 9.17) is 4.74 Å². The molecular formula is C16H31NO. The Balaban J connectivity index is 1.80. The first kappa shape index (κ1) is 14.3. The van der Waals surface area contributed by atoms with E-state index in [1.165, 1.54) is 38.5 Å². The Bertz CT molecular complexity index is 262. The van der Waals surface area contributed by atoms with Crippen molar-refractivity contribution in [1.29, 1.82) is 0 Å². The summed E-state index contributed by atoms with van der Waals surface area (Å²) in [4.78, 5) is 0. The first-order chi connectivity index (χ1) is 8.62. The van der Waals surface area contributed by atoms with Gasteiger partial charge in [-0.15, -0.1) is 0 Å². The summed E-state index contributed by atoms with van der Waals surface area (Å²) in [7, 11) is 0. The Labute approximate surface area is 113 Å². The highest BCUT2D eigenvalue weighted by Crippen LogP contribution is 2.57. The van der Waals surface area contributed by atoms with Crippen molar-refractivity contribution >= 4 is 0 Å². The van der Waals surface area contributed by atoms with Gasteiger partial charge in [0.1, 0.15) is 0 Å². The van der Waals surface area contributed by atoms with E-state index in [9.17, 15) is 0 Å². The van der Waals surface area contributed by atoms with Crippen LogP contribution in [0.15, 0.2) is 0 Å². The van der Waals surface area contributed by atoms with E-state index >= 15 is 0 Å². The largest absolute Gasteiger partial charge is 0.378 e. The van der Waals surface area contributed by atoms with E-state index in [1.807, 2.05) is 0 Å². The van der Waals surface area contributed by atoms with Crippen molar-refractivity contribution in [2.45, 2.75) is 84.4 Å². The predicted octanol–water partition coefficient (Wildman–Crippen LogP) is 3.75. The van der Waals surface area contributed by atoms with Gasteiger partial charge in [0.2, 0.25) is 0 Å². The molecule has 0 aromatic carbocycles. The summed E-state index contributed by atoms with van der Waals surface area (Å²) in [5.74, 6) is 0.840. The molecule has 0 aromatic rings. The smallest absolute Gasteiger partial charge is 0.0661 e. The Morgan fingerprint density at radius 1 is 1.28 bits per heavy atom. The molecule has 2 fully saturated rings. The van der Waals surface area contributed by atoms with Crippen LogP contribution in [0.2, 0.25) is 0 Å². The van der Waals surface area contributed by atoms with Crippen LogP contribution >= 0.6 is 0 Å². The van der Waals surface area contributed by atoms with Gasteiger partial charge in [-0.25, -0.2) is 0 Å². The van der Waals surface area contributed by atoms with Crippen LogP contribution in [0.5, 0.6) is 0 Å². The SMILES string of the molecule is CCOC1CC(NC(C)CC(C)CC)C12CCC2. The summed E-state index contributed by atoms with van der Waals surface area (Å²) in [6.07, 6.45) is 8.55. The van der Waals surface area contributed by atoms with E-state index in [2.05, 4.69) is 33.0 Å². The average Bonchev–Trinajstić information content (AvgIpc) is 2.25. The maximum atomic E-state index is 5.91. The zero-order valence-corrected chi connectivity index (χ0v) is 12.7. The second kappa shape index (κ2) is 5.92. The zero-order chi connectivity index (χ0) is 13.2. The number of ether oxygens (including phenoxy) is 1. The maximum Gasteiger partial charge on any atom is 0.0661 e. The molecule has 18 heavy (non-hydrogen) atoms. The van der Waals surface area contributed by atoms with Gasteiger partial charge in [-0.3, -0.25) is 0 Å². The highest BCUT2D eigenvalue weighted by Gasteiger charge is 2.58. The van der Waals surface area contributed by atoms with Crippen LogP contribution in [0.3, 0.4) is 0 Å². The third kappa shape index (κ3) is 2.60. The van der Waals surface area contributed by atoms with Crippen molar-refractivity contribution in [3.05, 3.63) is 0 Å². The van der Waals surface area contributed by atoms with Crippen molar-refractivity contribution in [3.8, 4) is 0 Å². The molecule has 1 spiro atoms. The van der Waals surface area contributed by atoms with Crippen molar-refractivity contribution in [2.75, 3.05) is 6.61 Å². The molecule has 2 rings (SSSR count). The lowest BCUT2D eigenvalue weighted by Crippen LogP contribution is -2.68. The summed E-state index contributed by atoms with van der Waals surface area (Å²) in [5.41, 5.74) is 0.514. The summed E-state index contributed by atoms with van der Waals surface area (Å²) < 4.78 is 5.91. The molecule has 0 aliphatic heterocycles. The standard InChI is InChI=1S/C16H31NO/c1-5-12(3)10-13(4)17-14-11-15(18-6-2)16(14)8-7-9-16/h12-15,17H,5-11H2,1-4H3. The summed E-state index contributed by atoms with van der Waals surface area (Å²) in [5, 5.41) is 3.88. The van der Waals surface area contributed by atoms with Crippen molar-refractivity contribution < 1.29 is 4.74 Å². The van der Waals surface area contributed by atoms with Gasteiger partial charge in [-0.2, -0.15) is 0 Å². The van der Waals surface area contributed by atoms with Crippen LogP contribution in [0.1, 0.15) is 66.2 Å². The van der Waals surface area contributed by atoms with Gasteiger partial charge in [0.25, 0.3) is 0 Å². The molecule has 2 saturated carbocycles. The Kier molecular flexibility index (Phi) is 4.71. The molecule has 4 atom stereocenters. The van der Waals surface area contributed by atoms with Gasteiger partial charge in [0.05, 0.1) is 6.10 Å². The first-order valence-corrected chi connectivity index (χ1v) is 8.00. The lowest BCUT2D eigenvalue weighted by atomic mass is 9.51. The fraction of sp³-hybridized carbons (Fsp3) is 1.00. The minimum absolute atomic E-state index is 0.514. The minimum atomic E-state index is 0.514. The van der Waals surface area contributed by atoms with Crippen LogP contribution in [0.4, 0.5) is 0 Å². The predicted molar refractivity (Wildman–Crippen MR) is 76.8 cm³/mol. The summed E-state index contributed by atoms with van der Waals surface area (Å²) in [6, 6.07) is 1.38. The molecule has 0 bridgehead atoms. The van der Waals surface area contributed by atoms with Gasteiger partial charge >= 0.3 is 0 Å². The fourth-order valence-corrected chi connectivity index (χ4v) is 3.85. The molecule has 0 heterocycles. The van der Waals surface area contributed by atoms with Crippen LogP contribution in [0.25, 0.3) is 0 Å². The van der Waals surface area contributed by atoms with E-state index in [-0.39, 0.29) is 0 Å². The van der Waals surface area contributed by atoms with Crippen LogP contribution in [-0.2, 0) is 4.74 Å². The molecule has 106 valence electrons. The third-order valence-corrected chi connectivity index (χ3v) is 5.38. The third-order valence-electron chi connectivity index (χ3n) is 5.38. The highest BCUT2D eigenvalue weighted by atomic mass is 16.5. The molecule has 2 aliphatic carbocycles. The minimum Gasteiger partial charge on any atom is -0.378 e. The Morgan fingerprint density at radius 3 is 2.50 bits per heavy atom. The molecule has 2 heteroatoms. The number of nitrogens with one attached hydrogen (secondary N) is 1. The first-order valence-electron chi connectivity index (χ1n) is 8.00. The Morgan fingerprint density at radius 2 is 2.00 bits per heavy atom. The molecule has 1 N–H and O–H groups in total. The van der Waals surface area contributed by atoms with Gasteiger partial charge in [0.15, 0.2) is 0 Å². The molecule has 0 amide bonds. The van der Waals surface area contributed by atoms with E-state index in [0.717, 1.165) is 18.6 Å². The molecule has 0 radical (unpaired) electrons. The Hall–Kier alpha value is -0.0800. The number of hydrogen-bond acceptors (Lipinski definition) is 2. The zero-order valence-electron chi connectivity index (χ0n) is 12.7. The van der Waals surface area contributed by atoms with Crippen LogP contribution in [0, 0.1) is 11.3 Å². The van der Waals surface area contributed by atoms with E-state index < -0.39 is 0 Å². The molecule has 0 saturated heterocycles. The highest BCUT2D eigenvalue weighted by molar-refractivity contribution is 5.12. The second-order valence-electron chi connectivity index (χ2n) is 6.64. The molecule has 4 unspecified atom stereocenters. The number of rotatable bonds is 7. The monoisotopic (exact) mass is 253 g/mol. The van der Waals surface area contributed by atoms with Crippen molar-refractivity contribution in [3.63, 3.8) is 0 Å². The molecular weight excluding hydrogens is 222 g/mol. The van der Waals surface area contributed by atoms with Crippen molar-refractivity contribution in [2.24, 2.45) is 11.3 Å². The molecule has 0 aromatic heterocycles. The summed E-state index contributed by atoms with van der Waals surface area (Å²) >= 11 is 0. The normalized spacial score (nSPS) is 32.7. The van der Waals surface area contributed by atoms with Crippen molar-refractivity contribution in [1.82, 2.24) is 5.32 Å². The maximum absolute atomic E-state index is 5.91. The number of hydrogen-bond donors (Lipinski definition) is 1. The second-order valence-corrected chi connectivity index (χ2v) is 6.64. The van der Waals surface area contributed by atoms with Crippen LogP contribution < -0.4 is 5.32 Å². The quantitative estimate of drug-likeness (QED) is 0.746. The average molecular weight is 253 g/mol. The topological polar surface area (TPSA) is 21.3 Å². The van der Waals surface area contributed by atoms with E-state index in [0.29, 0.717) is 17.6 Å². The van der Waals surface area contributed by atoms with Gasteiger partial charge in [-0.1, -0.05) is 26.7 Å². The summed E-state index contributed by atoms with van der Waals surface area (Å²) in [6.45, 7) is 10.0. The lowest BCUT2D eigenvalue weighted by Gasteiger charge is -2.61. The fourth-order valence-electron chi connectivity index (χ4n) is 3.85. The van der Waals surface area contributed by atoms with Crippen LogP contribution in [-0.4, -0.2) is 24.8 Å². The van der Waals surface area contributed by atoms with Gasteiger partial charge < -0.3 is 10.1 Å². The molecule has 2 aliphatic rings.